The smallest absolute Gasteiger partial charge is 0.0359 e. The molecule has 0 spiro atoms. The molecular formula is C13H11NS. The van der Waals surface area contributed by atoms with Crippen LogP contribution in [0.15, 0.2) is 36.4 Å². The molecule has 0 aliphatic heterocycles. The fourth-order valence-corrected chi connectivity index (χ4v) is 3.17. The van der Waals surface area contributed by atoms with Crippen LogP contribution in [0.3, 0.4) is 0 Å². The van der Waals surface area contributed by atoms with Gasteiger partial charge in [0.25, 0.3) is 0 Å². The number of aryl methyl sites for hydroxylation is 1. The van der Waals surface area contributed by atoms with Crippen LogP contribution in [0.4, 0.5) is 5.69 Å². The van der Waals surface area contributed by atoms with Gasteiger partial charge in [-0.2, -0.15) is 0 Å². The molecule has 15 heavy (non-hydrogen) atoms. The molecule has 0 aliphatic carbocycles. The van der Waals surface area contributed by atoms with Crippen molar-refractivity contribution in [3.63, 3.8) is 0 Å². The molecule has 0 radical (unpaired) electrons. The summed E-state index contributed by atoms with van der Waals surface area (Å²) in [5.41, 5.74) is 8.02. The predicted octanol–water partition coefficient (Wildman–Crippen LogP) is 3.95. The number of nitrogens with two attached hydrogens (primary N) is 1. The average molecular weight is 213 g/mol. The van der Waals surface area contributed by atoms with Gasteiger partial charge in [0.1, 0.15) is 0 Å². The van der Waals surface area contributed by atoms with E-state index in [1.54, 1.807) is 0 Å². The summed E-state index contributed by atoms with van der Waals surface area (Å²) in [5.74, 6) is 0. The summed E-state index contributed by atoms with van der Waals surface area (Å²) >= 11 is 1.83. The first-order valence-corrected chi connectivity index (χ1v) is 5.75. The van der Waals surface area contributed by atoms with Crippen LogP contribution in [-0.2, 0) is 0 Å². The normalized spacial score (nSPS) is 11.3. The van der Waals surface area contributed by atoms with Crippen LogP contribution in [-0.4, -0.2) is 0 Å². The van der Waals surface area contributed by atoms with Crippen LogP contribution < -0.4 is 5.73 Å². The zero-order valence-electron chi connectivity index (χ0n) is 8.45. The Labute approximate surface area is 92.1 Å². The van der Waals surface area contributed by atoms with E-state index in [4.69, 9.17) is 5.73 Å². The molecule has 2 N–H and O–H groups in total. The molecule has 0 fully saturated rings. The predicted molar refractivity (Wildman–Crippen MR) is 68.5 cm³/mol. The van der Waals surface area contributed by atoms with E-state index in [9.17, 15) is 0 Å². The summed E-state index contributed by atoms with van der Waals surface area (Å²) in [6.45, 7) is 2.09. The number of hydrogen-bond acceptors (Lipinski definition) is 2. The molecule has 0 saturated carbocycles. The fraction of sp³-hybridized carbons (Fsp3) is 0.0769. The standard InChI is InChI=1S/C13H11NS/c1-8-10(14)6-7-12-13(8)9-4-2-3-5-11(9)15-12/h2-7H,14H2,1H3. The Morgan fingerprint density at radius 1 is 1.00 bits per heavy atom. The maximum Gasteiger partial charge on any atom is 0.0359 e. The van der Waals surface area contributed by atoms with Gasteiger partial charge in [0.05, 0.1) is 0 Å². The van der Waals surface area contributed by atoms with Crippen molar-refractivity contribution in [3.8, 4) is 0 Å². The van der Waals surface area contributed by atoms with Crippen molar-refractivity contribution >= 4 is 37.2 Å². The van der Waals surface area contributed by atoms with E-state index in [0.717, 1.165) is 5.69 Å². The Kier molecular flexibility index (Phi) is 1.73. The highest BCUT2D eigenvalue weighted by atomic mass is 32.1. The first-order valence-electron chi connectivity index (χ1n) is 4.93. The van der Waals surface area contributed by atoms with Crippen molar-refractivity contribution in [1.82, 2.24) is 0 Å². The lowest BCUT2D eigenvalue weighted by molar-refractivity contribution is 1.55. The van der Waals surface area contributed by atoms with E-state index in [1.807, 2.05) is 17.4 Å². The van der Waals surface area contributed by atoms with Crippen LogP contribution in [0, 0.1) is 6.92 Å². The molecule has 0 unspecified atom stereocenters. The highest BCUT2D eigenvalue weighted by Gasteiger charge is 2.07. The SMILES string of the molecule is Cc1c(N)ccc2sc3ccccc3c12. The summed E-state index contributed by atoms with van der Waals surface area (Å²) in [6, 6.07) is 12.6. The van der Waals surface area contributed by atoms with Gasteiger partial charge in [-0.1, -0.05) is 18.2 Å². The van der Waals surface area contributed by atoms with Crippen molar-refractivity contribution in [3.05, 3.63) is 42.0 Å². The Bertz CT molecular complexity index is 652. The highest BCUT2D eigenvalue weighted by Crippen LogP contribution is 2.37. The molecule has 3 aromatic rings. The van der Waals surface area contributed by atoms with Crippen LogP contribution in [0.1, 0.15) is 5.56 Å². The zero-order chi connectivity index (χ0) is 10.4. The zero-order valence-corrected chi connectivity index (χ0v) is 9.27. The average Bonchev–Trinajstić information content (AvgIpc) is 2.62. The molecular weight excluding hydrogens is 202 g/mol. The molecule has 0 aliphatic rings. The first-order chi connectivity index (χ1) is 7.27. The van der Waals surface area contributed by atoms with Crippen LogP contribution in [0.2, 0.25) is 0 Å². The number of rotatable bonds is 0. The largest absolute Gasteiger partial charge is 0.398 e. The molecule has 2 heteroatoms. The van der Waals surface area contributed by atoms with E-state index in [0.29, 0.717) is 0 Å². The van der Waals surface area contributed by atoms with Gasteiger partial charge in [-0.25, -0.2) is 0 Å². The molecule has 1 aromatic heterocycles. The van der Waals surface area contributed by atoms with Crippen molar-refractivity contribution < 1.29 is 0 Å². The molecule has 1 heterocycles. The third-order valence-corrected chi connectivity index (χ3v) is 3.98. The maximum atomic E-state index is 5.94. The van der Waals surface area contributed by atoms with Crippen molar-refractivity contribution in [2.75, 3.05) is 5.73 Å². The molecule has 0 atom stereocenters. The minimum absolute atomic E-state index is 0.881. The third-order valence-electron chi connectivity index (χ3n) is 2.84. The number of nitrogen functional groups attached to an aromatic ring is 1. The van der Waals surface area contributed by atoms with E-state index in [2.05, 4.69) is 37.3 Å². The quantitative estimate of drug-likeness (QED) is 0.562. The van der Waals surface area contributed by atoms with Gasteiger partial charge in [-0.05, 0) is 30.7 Å². The minimum Gasteiger partial charge on any atom is -0.398 e. The molecule has 0 amide bonds. The number of thiophene rings is 1. The van der Waals surface area contributed by atoms with Gasteiger partial charge in [-0.15, -0.1) is 11.3 Å². The second kappa shape index (κ2) is 2.97. The molecule has 0 saturated heterocycles. The van der Waals surface area contributed by atoms with Crippen LogP contribution in [0.5, 0.6) is 0 Å². The number of anilines is 1. The summed E-state index contributed by atoms with van der Waals surface area (Å²) in [7, 11) is 0. The minimum atomic E-state index is 0.881. The number of hydrogen-bond donors (Lipinski definition) is 1. The second-order valence-electron chi connectivity index (χ2n) is 3.75. The van der Waals surface area contributed by atoms with E-state index in [1.165, 1.54) is 25.7 Å². The van der Waals surface area contributed by atoms with Crippen molar-refractivity contribution in [1.29, 1.82) is 0 Å². The molecule has 3 rings (SSSR count). The van der Waals surface area contributed by atoms with Gasteiger partial charge in [-0.3, -0.25) is 0 Å². The van der Waals surface area contributed by atoms with Gasteiger partial charge >= 0.3 is 0 Å². The fourth-order valence-electron chi connectivity index (χ4n) is 2.00. The summed E-state index contributed by atoms with van der Waals surface area (Å²) in [6.07, 6.45) is 0. The lowest BCUT2D eigenvalue weighted by Gasteiger charge is -2.01. The first kappa shape index (κ1) is 8.74. The monoisotopic (exact) mass is 213 g/mol. The van der Waals surface area contributed by atoms with Gasteiger partial charge in [0, 0.05) is 25.9 Å². The van der Waals surface area contributed by atoms with Crippen molar-refractivity contribution in [2.45, 2.75) is 6.92 Å². The van der Waals surface area contributed by atoms with Crippen LogP contribution in [0.25, 0.3) is 20.2 Å². The van der Waals surface area contributed by atoms with E-state index >= 15 is 0 Å². The maximum absolute atomic E-state index is 5.94. The Morgan fingerprint density at radius 2 is 1.80 bits per heavy atom. The Hall–Kier alpha value is -1.54. The molecule has 0 bridgehead atoms. The van der Waals surface area contributed by atoms with Gasteiger partial charge < -0.3 is 5.73 Å². The molecule has 74 valence electrons. The summed E-state index contributed by atoms with van der Waals surface area (Å²) in [5, 5.41) is 2.64. The van der Waals surface area contributed by atoms with E-state index in [-0.39, 0.29) is 0 Å². The Morgan fingerprint density at radius 3 is 2.67 bits per heavy atom. The summed E-state index contributed by atoms with van der Waals surface area (Å²) < 4.78 is 2.66. The second-order valence-corrected chi connectivity index (χ2v) is 4.83. The summed E-state index contributed by atoms with van der Waals surface area (Å²) in [4.78, 5) is 0. The van der Waals surface area contributed by atoms with Gasteiger partial charge in [0.15, 0.2) is 0 Å². The van der Waals surface area contributed by atoms with Crippen molar-refractivity contribution in [2.24, 2.45) is 0 Å². The number of benzene rings is 2. The molecule has 1 nitrogen and oxygen atoms in total. The third kappa shape index (κ3) is 1.15. The number of fused-ring (bicyclic) bond motifs is 3. The molecule has 2 aromatic carbocycles. The van der Waals surface area contributed by atoms with Crippen LogP contribution >= 0.6 is 11.3 Å². The topological polar surface area (TPSA) is 26.0 Å². The lowest BCUT2D eigenvalue weighted by Crippen LogP contribution is -1.88. The highest BCUT2D eigenvalue weighted by molar-refractivity contribution is 7.25. The Balaban J connectivity index is 2.63. The lowest BCUT2D eigenvalue weighted by atomic mass is 10.1. The van der Waals surface area contributed by atoms with Gasteiger partial charge in [0.2, 0.25) is 0 Å². The van der Waals surface area contributed by atoms with E-state index < -0.39 is 0 Å².